The highest BCUT2D eigenvalue weighted by atomic mass is 16.6. The number of nitrogens with one attached hydrogen (secondary N) is 1. The van der Waals surface area contributed by atoms with Crippen LogP contribution in [0.1, 0.15) is 73.5 Å². The number of ether oxygens (including phenoxy) is 4. The van der Waals surface area contributed by atoms with Crippen LogP contribution in [-0.4, -0.2) is 43.4 Å². The van der Waals surface area contributed by atoms with Gasteiger partial charge in [0.15, 0.2) is 6.10 Å². The Hall–Kier alpha value is -5.11. The maximum atomic E-state index is 13.8. The third kappa shape index (κ3) is 8.38. The zero-order valence-corrected chi connectivity index (χ0v) is 27.4. The second-order valence-corrected chi connectivity index (χ2v) is 12.6. The molecule has 5 rings (SSSR count). The van der Waals surface area contributed by atoms with Gasteiger partial charge in [0.25, 0.3) is 0 Å². The molecule has 1 amide bonds. The number of hydrogen-bond donors (Lipinski definition) is 1. The molecule has 2 atom stereocenters. The number of hydrogen-bond acceptors (Lipinski definition) is 7. The highest BCUT2D eigenvalue weighted by Gasteiger charge is 2.32. The van der Waals surface area contributed by atoms with Crippen LogP contribution in [0.4, 0.5) is 4.79 Å². The van der Waals surface area contributed by atoms with Gasteiger partial charge in [-0.1, -0.05) is 90.5 Å². The zero-order valence-electron chi connectivity index (χ0n) is 27.4. The maximum Gasteiger partial charge on any atom is 0.407 e. The van der Waals surface area contributed by atoms with E-state index < -0.39 is 35.8 Å². The Labute approximate surface area is 276 Å². The normalized spacial score (nSPS) is 13.5. The fourth-order valence-corrected chi connectivity index (χ4v) is 5.73. The Kier molecular flexibility index (Phi) is 10.3. The first-order chi connectivity index (χ1) is 22.5. The van der Waals surface area contributed by atoms with Crippen molar-refractivity contribution < 1.29 is 33.3 Å². The number of aryl methyl sites for hydroxylation is 1. The molecule has 0 saturated heterocycles. The molecule has 0 radical (unpaired) electrons. The molecule has 0 aliphatic heterocycles. The van der Waals surface area contributed by atoms with Gasteiger partial charge < -0.3 is 24.3 Å². The SMILES string of the molecule is COc1ccc(C(OC(=O)[C@H](CCC(=O)OC(C)(C)C)NC(=O)OCC2c3ccccc3-c3ccccc32)c2ccc(C)cc2)cc1. The summed E-state index contributed by atoms with van der Waals surface area (Å²) < 4.78 is 22.6. The highest BCUT2D eigenvalue weighted by molar-refractivity contribution is 5.83. The first-order valence-electron chi connectivity index (χ1n) is 15.8. The molecule has 4 aromatic rings. The van der Waals surface area contributed by atoms with Gasteiger partial charge in [-0.25, -0.2) is 9.59 Å². The van der Waals surface area contributed by atoms with Crippen molar-refractivity contribution in [2.75, 3.05) is 13.7 Å². The lowest BCUT2D eigenvalue weighted by Crippen LogP contribution is -2.43. The van der Waals surface area contributed by atoms with E-state index in [-0.39, 0.29) is 25.4 Å². The van der Waals surface area contributed by atoms with Gasteiger partial charge in [0.1, 0.15) is 24.0 Å². The maximum absolute atomic E-state index is 13.8. The summed E-state index contributed by atoms with van der Waals surface area (Å²) in [6, 6.07) is 29.8. The number of rotatable bonds is 11. The smallest absolute Gasteiger partial charge is 0.407 e. The molecule has 8 heteroatoms. The molecule has 0 spiro atoms. The minimum atomic E-state index is -1.18. The molecule has 1 aliphatic rings. The third-order valence-corrected chi connectivity index (χ3v) is 8.01. The van der Waals surface area contributed by atoms with E-state index in [1.165, 1.54) is 0 Å². The summed E-state index contributed by atoms with van der Waals surface area (Å²) in [5.74, 6) is -0.686. The van der Waals surface area contributed by atoms with Crippen molar-refractivity contribution in [3.8, 4) is 16.9 Å². The van der Waals surface area contributed by atoms with Crippen LogP contribution in [0.15, 0.2) is 97.1 Å². The highest BCUT2D eigenvalue weighted by Crippen LogP contribution is 2.44. The lowest BCUT2D eigenvalue weighted by atomic mass is 9.98. The number of esters is 2. The molecule has 1 aliphatic carbocycles. The van der Waals surface area contributed by atoms with E-state index in [1.54, 1.807) is 40.0 Å². The molecule has 8 nitrogen and oxygen atoms in total. The topological polar surface area (TPSA) is 100 Å². The van der Waals surface area contributed by atoms with E-state index in [2.05, 4.69) is 17.4 Å². The van der Waals surface area contributed by atoms with E-state index in [0.717, 1.165) is 38.9 Å². The van der Waals surface area contributed by atoms with E-state index in [1.807, 2.05) is 79.7 Å². The minimum Gasteiger partial charge on any atom is -0.497 e. The summed E-state index contributed by atoms with van der Waals surface area (Å²) in [6.07, 6.45) is -1.71. The third-order valence-electron chi connectivity index (χ3n) is 8.01. The molecule has 0 heterocycles. The summed E-state index contributed by atoms with van der Waals surface area (Å²) >= 11 is 0. The molecular formula is C39H41NO7. The summed E-state index contributed by atoms with van der Waals surface area (Å²) in [6.45, 7) is 7.36. The number of carbonyl (C=O) groups is 3. The van der Waals surface area contributed by atoms with E-state index in [9.17, 15) is 14.4 Å². The van der Waals surface area contributed by atoms with Crippen molar-refractivity contribution in [3.63, 3.8) is 0 Å². The Morgan fingerprint density at radius 3 is 1.89 bits per heavy atom. The van der Waals surface area contributed by atoms with Crippen LogP contribution in [0.5, 0.6) is 5.75 Å². The summed E-state index contributed by atoms with van der Waals surface area (Å²) in [5, 5.41) is 2.68. The number of methoxy groups -OCH3 is 1. The second kappa shape index (κ2) is 14.5. The molecular weight excluding hydrogens is 594 g/mol. The lowest BCUT2D eigenvalue weighted by molar-refractivity contribution is -0.155. The monoisotopic (exact) mass is 635 g/mol. The number of amides is 1. The summed E-state index contributed by atoms with van der Waals surface area (Å²) in [5.41, 5.74) is 6.19. The van der Waals surface area contributed by atoms with E-state index in [0.29, 0.717) is 5.75 Å². The second-order valence-electron chi connectivity index (χ2n) is 12.6. The van der Waals surface area contributed by atoms with Crippen molar-refractivity contribution in [1.29, 1.82) is 0 Å². The number of carbonyl (C=O) groups excluding carboxylic acids is 3. The fourth-order valence-electron chi connectivity index (χ4n) is 5.73. The molecule has 1 unspecified atom stereocenters. The molecule has 1 N–H and O–H groups in total. The lowest BCUT2D eigenvalue weighted by Gasteiger charge is -2.24. The molecule has 0 bridgehead atoms. The first kappa shape index (κ1) is 33.3. The Morgan fingerprint density at radius 1 is 0.787 bits per heavy atom. The largest absolute Gasteiger partial charge is 0.497 e. The van der Waals surface area contributed by atoms with E-state index >= 15 is 0 Å². The van der Waals surface area contributed by atoms with Crippen LogP contribution in [0.2, 0.25) is 0 Å². The van der Waals surface area contributed by atoms with Gasteiger partial charge in [0.2, 0.25) is 0 Å². The van der Waals surface area contributed by atoms with Gasteiger partial charge in [-0.2, -0.15) is 0 Å². The molecule has 0 aromatic heterocycles. The standard InChI is InChI=1S/C39H41NO7/c1-25-14-16-26(17-15-25)36(27-18-20-28(44-5)21-19-27)46-37(42)34(22-23-35(41)47-39(2,3)4)40-38(43)45-24-33-31-12-8-6-10-29(31)30-11-7-9-13-32(30)33/h6-21,33-34,36H,22-24H2,1-5H3,(H,40,43)/t34-,36?/m0/s1. The van der Waals surface area contributed by atoms with Crippen LogP contribution < -0.4 is 10.1 Å². The van der Waals surface area contributed by atoms with Crippen molar-refractivity contribution in [2.45, 2.75) is 64.2 Å². The average Bonchev–Trinajstić information content (AvgIpc) is 3.37. The Bertz CT molecular complexity index is 1660. The quantitative estimate of drug-likeness (QED) is 0.133. The Balaban J connectivity index is 1.34. The van der Waals surface area contributed by atoms with Crippen molar-refractivity contribution in [2.24, 2.45) is 0 Å². The Morgan fingerprint density at radius 2 is 1.34 bits per heavy atom. The first-order valence-corrected chi connectivity index (χ1v) is 15.8. The van der Waals surface area contributed by atoms with Crippen LogP contribution in [0.3, 0.4) is 0 Å². The number of fused-ring (bicyclic) bond motifs is 3. The van der Waals surface area contributed by atoms with Crippen molar-refractivity contribution in [1.82, 2.24) is 5.32 Å². The number of alkyl carbamates (subject to hydrolysis) is 1. The van der Waals surface area contributed by atoms with Crippen LogP contribution in [0, 0.1) is 6.92 Å². The summed E-state index contributed by atoms with van der Waals surface area (Å²) in [4.78, 5) is 39.7. The van der Waals surface area contributed by atoms with E-state index in [4.69, 9.17) is 18.9 Å². The minimum absolute atomic E-state index is 0.0405. The van der Waals surface area contributed by atoms with Gasteiger partial charge in [-0.15, -0.1) is 0 Å². The molecule has 244 valence electrons. The number of benzene rings is 4. The van der Waals surface area contributed by atoms with Gasteiger partial charge in [-0.3, -0.25) is 4.79 Å². The van der Waals surface area contributed by atoms with Gasteiger partial charge >= 0.3 is 18.0 Å². The van der Waals surface area contributed by atoms with Crippen LogP contribution >= 0.6 is 0 Å². The van der Waals surface area contributed by atoms with Crippen LogP contribution in [-0.2, 0) is 23.8 Å². The zero-order chi connectivity index (χ0) is 33.6. The summed E-state index contributed by atoms with van der Waals surface area (Å²) in [7, 11) is 1.58. The van der Waals surface area contributed by atoms with Gasteiger partial charge in [-0.05, 0) is 79.6 Å². The van der Waals surface area contributed by atoms with Gasteiger partial charge in [0.05, 0.1) is 7.11 Å². The van der Waals surface area contributed by atoms with Gasteiger partial charge in [0, 0.05) is 12.3 Å². The van der Waals surface area contributed by atoms with Crippen LogP contribution in [0.25, 0.3) is 11.1 Å². The average molecular weight is 636 g/mol. The van der Waals surface area contributed by atoms with Crippen molar-refractivity contribution in [3.05, 3.63) is 125 Å². The predicted octanol–water partition coefficient (Wildman–Crippen LogP) is 7.67. The fraction of sp³-hybridized carbons (Fsp3) is 0.308. The molecule has 0 saturated carbocycles. The van der Waals surface area contributed by atoms with Crippen molar-refractivity contribution >= 4 is 18.0 Å². The predicted molar refractivity (Wildman–Crippen MR) is 179 cm³/mol. The molecule has 0 fully saturated rings. The molecule has 4 aromatic carbocycles. The molecule has 47 heavy (non-hydrogen) atoms.